The van der Waals surface area contributed by atoms with Crippen LogP contribution in [0.4, 0.5) is 5.69 Å². The van der Waals surface area contributed by atoms with Crippen LogP contribution in [0.1, 0.15) is 41.9 Å². The molecule has 1 aromatic carbocycles. The number of esters is 1. The second-order valence-electron chi connectivity index (χ2n) is 6.59. The van der Waals surface area contributed by atoms with E-state index in [0.717, 1.165) is 24.1 Å². The summed E-state index contributed by atoms with van der Waals surface area (Å²) in [4.78, 5) is 28.5. The number of benzene rings is 1. The first kappa shape index (κ1) is 18.5. The van der Waals surface area contributed by atoms with Crippen molar-refractivity contribution in [1.29, 1.82) is 0 Å². The van der Waals surface area contributed by atoms with Crippen molar-refractivity contribution in [3.8, 4) is 0 Å². The zero-order valence-corrected chi connectivity index (χ0v) is 15.5. The monoisotopic (exact) mass is 374 g/mol. The second kappa shape index (κ2) is 7.97. The molecule has 6 nitrogen and oxygen atoms in total. The van der Waals surface area contributed by atoms with Crippen molar-refractivity contribution in [2.75, 3.05) is 5.32 Å². The number of hydrogen-bond donors (Lipinski definition) is 2. The number of aryl methyl sites for hydroxylation is 1. The largest absolute Gasteiger partial charge is 0.457 e. The number of para-hydroxylation sites is 1. The standard InChI is InChI=1S/C19H22N2O4S/c1-13-6-2-3-7-15(13)21-16(22)10-17-20-14(12-26-17)11-25-18(23)19(24)8-4-5-9-19/h2-3,6-7,12,24H,4-5,8-11H2,1H3,(H,21,22). The number of hydrogen-bond acceptors (Lipinski definition) is 6. The fourth-order valence-corrected chi connectivity index (χ4v) is 3.76. The summed E-state index contributed by atoms with van der Waals surface area (Å²) in [6, 6.07) is 7.58. The van der Waals surface area contributed by atoms with Gasteiger partial charge in [-0.2, -0.15) is 0 Å². The summed E-state index contributed by atoms with van der Waals surface area (Å²) in [6.45, 7) is 1.95. The third-order valence-electron chi connectivity index (χ3n) is 4.49. The zero-order valence-electron chi connectivity index (χ0n) is 14.7. The van der Waals surface area contributed by atoms with Gasteiger partial charge in [0.2, 0.25) is 5.91 Å². The SMILES string of the molecule is Cc1ccccc1NC(=O)Cc1nc(COC(=O)C2(O)CCCC2)cs1. The number of thiazole rings is 1. The van der Waals surface area contributed by atoms with Crippen LogP contribution >= 0.6 is 11.3 Å². The van der Waals surface area contributed by atoms with Crippen LogP contribution in [0.3, 0.4) is 0 Å². The summed E-state index contributed by atoms with van der Waals surface area (Å²) in [5.41, 5.74) is 1.03. The van der Waals surface area contributed by atoms with Gasteiger partial charge in [0, 0.05) is 11.1 Å². The molecule has 1 saturated carbocycles. The predicted molar refractivity (Wildman–Crippen MR) is 98.8 cm³/mol. The van der Waals surface area contributed by atoms with Crippen molar-refractivity contribution in [1.82, 2.24) is 4.98 Å². The van der Waals surface area contributed by atoms with E-state index in [4.69, 9.17) is 4.74 Å². The van der Waals surface area contributed by atoms with Crippen LogP contribution in [0, 0.1) is 6.92 Å². The minimum atomic E-state index is -1.34. The van der Waals surface area contributed by atoms with Crippen LogP contribution < -0.4 is 5.32 Å². The lowest BCUT2D eigenvalue weighted by Gasteiger charge is -2.19. The van der Waals surface area contributed by atoms with Gasteiger partial charge in [-0.25, -0.2) is 9.78 Å². The molecule has 3 rings (SSSR count). The molecule has 0 bridgehead atoms. The third kappa shape index (κ3) is 4.47. The second-order valence-corrected chi connectivity index (χ2v) is 7.53. The van der Waals surface area contributed by atoms with E-state index in [9.17, 15) is 14.7 Å². The number of carbonyl (C=O) groups excluding carboxylic acids is 2. The summed E-state index contributed by atoms with van der Waals surface area (Å²) in [7, 11) is 0. The Morgan fingerprint density at radius 2 is 2.04 bits per heavy atom. The molecule has 2 N–H and O–H groups in total. The molecule has 1 aliphatic carbocycles. The normalized spacial score (nSPS) is 15.6. The van der Waals surface area contributed by atoms with E-state index < -0.39 is 11.6 Å². The number of carbonyl (C=O) groups is 2. The number of aromatic nitrogens is 1. The van der Waals surface area contributed by atoms with Crippen molar-refractivity contribution in [2.24, 2.45) is 0 Å². The molecule has 1 amide bonds. The van der Waals surface area contributed by atoms with Gasteiger partial charge in [0.25, 0.3) is 0 Å². The van der Waals surface area contributed by atoms with Gasteiger partial charge in [-0.15, -0.1) is 11.3 Å². The molecule has 1 fully saturated rings. The van der Waals surface area contributed by atoms with E-state index in [0.29, 0.717) is 23.5 Å². The van der Waals surface area contributed by atoms with Gasteiger partial charge in [-0.3, -0.25) is 4.79 Å². The zero-order chi connectivity index (χ0) is 18.6. The number of aliphatic hydroxyl groups is 1. The first-order valence-electron chi connectivity index (χ1n) is 8.65. The molecular formula is C19H22N2O4S. The Morgan fingerprint density at radius 1 is 1.31 bits per heavy atom. The van der Waals surface area contributed by atoms with Crippen LogP contribution in [-0.4, -0.2) is 27.6 Å². The highest BCUT2D eigenvalue weighted by Gasteiger charge is 2.40. The predicted octanol–water partition coefficient (Wildman–Crippen LogP) is 2.98. The molecule has 0 aliphatic heterocycles. The first-order valence-corrected chi connectivity index (χ1v) is 9.53. The molecule has 0 saturated heterocycles. The lowest BCUT2D eigenvalue weighted by molar-refractivity contribution is -0.166. The number of rotatable bonds is 6. The van der Waals surface area contributed by atoms with Crippen LogP contribution in [0.25, 0.3) is 0 Å². The highest BCUT2D eigenvalue weighted by molar-refractivity contribution is 7.09. The van der Waals surface area contributed by atoms with Gasteiger partial charge >= 0.3 is 5.97 Å². The van der Waals surface area contributed by atoms with Crippen LogP contribution in [0.5, 0.6) is 0 Å². The minimum Gasteiger partial charge on any atom is -0.457 e. The lowest BCUT2D eigenvalue weighted by Crippen LogP contribution is -2.36. The van der Waals surface area contributed by atoms with Crippen LogP contribution in [0.2, 0.25) is 0 Å². The van der Waals surface area contributed by atoms with E-state index in [2.05, 4.69) is 10.3 Å². The van der Waals surface area contributed by atoms with E-state index in [1.807, 2.05) is 31.2 Å². The molecule has 0 spiro atoms. The Kier molecular flexibility index (Phi) is 5.68. The van der Waals surface area contributed by atoms with E-state index >= 15 is 0 Å². The van der Waals surface area contributed by atoms with E-state index in [1.165, 1.54) is 11.3 Å². The average Bonchev–Trinajstić information content (AvgIpc) is 3.24. The fourth-order valence-electron chi connectivity index (χ4n) is 2.98. The van der Waals surface area contributed by atoms with Gasteiger partial charge < -0.3 is 15.2 Å². The van der Waals surface area contributed by atoms with Crippen molar-refractivity contribution < 1.29 is 19.4 Å². The van der Waals surface area contributed by atoms with E-state index in [-0.39, 0.29) is 18.9 Å². The molecule has 0 unspecified atom stereocenters. The highest BCUT2D eigenvalue weighted by atomic mass is 32.1. The summed E-state index contributed by atoms with van der Waals surface area (Å²) in [6.07, 6.45) is 2.74. The third-order valence-corrected chi connectivity index (χ3v) is 5.39. The van der Waals surface area contributed by atoms with Gasteiger partial charge in [0.1, 0.15) is 11.6 Å². The fraction of sp³-hybridized carbons (Fsp3) is 0.421. The van der Waals surface area contributed by atoms with E-state index in [1.54, 1.807) is 5.38 Å². The van der Waals surface area contributed by atoms with Gasteiger partial charge in [0.05, 0.1) is 12.1 Å². The average molecular weight is 374 g/mol. The lowest BCUT2D eigenvalue weighted by atomic mass is 10.0. The smallest absolute Gasteiger partial charge is 0.338 e. The number of ether oxygens (including phenoxy) is 1. The highest BCUT2D eigenvalue weighted by Crippen LogP contribution is 2.30. The quantitative estimate of drug-likeness (QED) is 0.759. The molecular weight excluding hydrogens is 352 g/mol. The maximum atomic E-state index is 12.2. The molecule has 1 aliphatic rings. The number of amides is 1. The molecule has 7 heteroatoms. The molecule has 0 atom stereocenters. The Bertz CT molecular complexity index is 796. The molecule has 138 valence electrons. The maximum absolute atomic E-state index is 12.2. The van der Waals surface area contributed by atoms with Crippen LogP contribution in [-0.2, 0) is 27.4 Å². The van der Waals surface area contributed by atoms with Crippen molar-refractivity contribution in [3.05, 3.63) is 45.9 Å². The molecule has 1 heterocycles. The Morgan fingerprint density at radius 3 is 2.77 bits per heavy atom. The Hall–Kier alpha value is -2.25. The summed E-state index contributed by atoms with van der Waals surface area (Å²) >= 11 is 1.35. The summed E-state index contributed by atoms with van der Waals surface area (Å²) in [5, 5.41) is 15.5. The van der Waals surface area contributed by atoms with Gasteiger partial charge in [-0.1, -0.05) is 18.2 Å². The van der Waals surface area contributed by atoms with Crippen molar-refractivity contribution >= 4 is 28.9 Å². The van der Waals surface area contributed by atoms with Crippen molar-refractivity contribution in [2.45, 2.75) is 51.2 Å². The maximum Gasteiger partial charge on any atom is 0.338 e. The van der Waals surface area contributed by atoms with Crippen molar-refractivity contribution in [3.63, 3.8) is 0 Å². The van der Waals surface area contributed by atoms with Crippen LogP contribution in [0.15, 0.2) is 29.6 Å². The number of nitrogens with zero attached hydrogens (tertiary/aromatic N) is 1. The summed E-state index contributed by atoms with van der Waals surface area (Å²) in [5.74, 6) is -0.723. The van der Waals surface area contributed by atoms with Gasteiger partial charge in [-0.05, 0) is 44.2 Å². The topological polar surface area (TPSA) is 88.5 Å². The number of nitrogens with one attached hydrogen (secondary N) is 1. The molecule has 26 heavy (non-hydrogen) atoms. The molecule has 1 aromatic heterocycles. The Balaban J connectivity index is 1.50. The summed E-state index contributed by atoms with van der Waals surface area (Å²) < 4.78 is 5.20. The van der Waals surface area contributed by atoms with Gasteiger partial charge in [0.15, 0.2) is 5.60 Å². The number of anilines is 1. The first-order chi connectivity index (χ1) is 12.5. The Labute approximate surface area is 156 Å². The minimum absolute atomic E-state index is 0.0110. The molecule has 2 aromatic rings. The molecule has 0 radical (unpaired) electrons.